The van der Waals surface area contributed by atoms with Crippen LogP contribution in [0.1, 0.15) is 36.0 Å². The Hall–Kier alpha value is -3.82. The molecule has 10 heteroatoms. The molecule has 0 fully saturated rings. The zero-order valence-corrected chi connectivity index (χ0v) is 17.0. The number of anilines is 1. The summed E-state index contributed by atoms with van der Waals surface area (Å²) in [4.78, 5) is 17.9. The van der Waals surface area contributed by atoms with Crippen molar-refractivity contribution in [2.24, 2.45) is 0 Å². The van der Waals surface area contributed by atoms with E-state index >= 15 is 0 Å². The van der Waals surface area contributed by atoms with Crippen LogP contribution < -0.4 is 10.1 Å². The van der Waals surface area contributed by atoms with Gasteiger partial charge in [-0.1, -0.05) is 30.3 Å². The van der Waals surface area contributed by atoms with E-state index < -0.39 is 18.4 Å². The van der Waals surface area contributed by atoms with Gasteiger partial charge in [-0.15, -0.1) is 0 Å². The minimum atomic E-state index is -3.11. The third-order valence-electron chi connectivity index (χ3n) is 4.64. The zero-order valence-electron chi connectivity index (χ0n) is 17.0. The van der Waals surface area contributed by atoms with Crippen LogP contribution in [-0.4, -0.2) is 32.4 Å². The molecule has 0 unspecified atom stereocenters. The number of hydrogen-bond donors (Lipinski definition) is 1. The van der Waals surface area contributed by atoms with E-state index in [-0.39, 0.29) is 23.1 Å². The predicted molar refractivity (Wildman–Crippen MR) is 109 cm³/mol. The van der Waals surface area contributed by atoms with Crippen molar-refractivity contribution < 1.29 is 22.8 Å². The summed E-state index contributed by atoms with van der Waals surface area (Å²) in [6.07, 6.45) is 1.56. The van der Waals surface area contributed by atoms with Crippen molar-refractivity contribution >= 4 is 22.6 Å². The Morgan fingerprint density at radius 3 is 2.65 bits per heavy atom. The van der Waals surface area contributed by atoms with Crippen molar-refractivity contribution in [1.82, 2.24) is 19.9 Å². The molecule has 8 nitrogen and oxygen atoms in total. The van der Waals surface area contributed by atoms with Crippen LogP contribution in [0, 0.1) is 6.92 Å². The second-order valence-electron chi connectivity index (χ2n) is 7.09. The number of pyridine rings is 1. The van der Waals surface area contributed by atoms with Gasteiger partial charge in [-0.3, -0.25) is 4.79 Å². The molecule has 0 atom stereocenters. The van der Waals surface area contributed by atoms with Gasteiger partial charge in [0.05, 0.1) is 22.8 Å². The largest absolute Gasteiger partial charge is 0.412 e. The minimum Gasteiger partial charge on any atom is -0.412 e. The van der Waals surface area contributed by atoms with E-state index in [0.717, 1.165) is 5.56 Å². The molecular formula is C21H19F2N5O3. The van der Waals surface area contributed by atoms with E-state index in [1.54, 1.807) is 16.9 Å². The molecule has 4 rings (SSSR count). The lowest BCUT2D eigenvalue weighted by Crippen LogP contribution is -2.15. The first-order valence-corrected chi connectivity index (χ1v) is 9.51. The highest BCUT2D eigenvalue weighted by molar-refractivity contribution is 6.13. The molecule has 0 bridgehead atoms. The Balaban J connectivity index is 1.81. The van der Waals surface area contributed by atoms with E-state index in [2.05, 4.69) is 20.3 Å². The Morgan fingerprint density at radius 2 is 1.97 bits per heavy atom. The number of carbonyl (C=O) groups is 1. The smallest absolute Gasteiger partial charge is 0.388 e. The number of amides is 1. The van der Waals surface area contributed by atoms with Crippen molar-refractivity contribution in [3.8, 4) is 17.1 Å². The predicted octanol–water partition coefficient (Wildman–Crippen LogP) is 4.83. The molecule has 0 aliphatic carbocycles. The van der Waals surface area contributed by atoms with E-state index in [0.29, 0.717) is 16.7 Å². The summed E-state index contributed by atoms with van der Waals surface area (Å²) in [5.74, 6) is -0.916. The van der Waals surface area contributed by atoms with E-state index in [9.17, 15) is 13.6 Å². The fourth-order valence-electron chi connectivity index (χ4n) is 3.18. The van der Waals surface area contributed by atoms with Crippen LogP contribution in [0.5, 0.6) is 5.88 Å². The molecule has 1 aromatic carbocycles. The molecule has 3 aromatic heterocycles. The van der Waals surface area contributed by atoms with E-state index in [1.165, 1.54) is 6.92 Å². The summed E-state index contributed by atoms with van der Waals surface area (Å²) in [6.45, 7) is 2.28. The van der Waals surface area contributed by atoms with Gasteiger partial charge in [0.2, 0.25) is 0 Å². The third-order valence-corrected chi connectivity index (χ3v) is 4.64. The number of nitrogens with zero attached hydrogens (tertiary/aromatic N) is 4. The number of aryl methyl sites for hydroxylation is 1. The second-order valence-corrected chi connectivity index (χ2v) is 7.09. The summed E-state index contributed by atoms with van der Waals surface area (Å²) in [7, 11) is 0. The Morgan fingerprint density at radius 1 is 1.23 bits per heavy atom. The van der Waals surface area contributed by atoms with Gasteiger partial charge in [-0.25, -0.2) is 9.67 Å². The molecule has 160 valence electrons. The lowest BCUT2D eigenvalue weighted by molar-refractivity contribution is -0.0541. The van der Waals surface area contributed by atoms with E-state index in [1.807, 2.05) is 44.2 Å². The normalized spacial score (nSPS) is 11.5. The highest BCUT2D eigenvalue weighted by atomic mass is 19.3. The van der Waals surface area contributed by atoms with Crippen molar-refractivity contribution in [2.75, 3.05) is 5.32 Å². The number of aromatic nitrogens is 4. The fourth-order valence-corrected chi connectivity index (χ4v) is 3.18. The third kappa shape index (κ3) is 3.96. The van der Waals surface area contributed by atoms with Crippen LogP contribution in [0.3, 0.4) is 0 Å². The highest BCUT2D eigenvalue weighted by Crippen LogP contribution is 2.31. The summed E-state index contributed by atoms with van der Waals surface area (Å²) in [6, 6.07) is 11.0. The first-order chi connectivity index (χ1) is 14.8. The molecule has 1 amide bonds. The standard InChI is InChI=1S/C21H19F2N5O3/c1-11(2)28-18-15(10-24-28)14(9-16(25-18)13-7-5-4-6-8-13)19(29)26-17-12(3)31-27-20(17)30-21(22)23/h4-11,21H,1-3H3,(H,26,29). The molecular weight excluding hydrogens is 408 g/mol. The van der Waals surface area contributed by atoms with Crippen LogP contribution in [0.4, 0.5) is 14.5 Å². The lowest BCUT2D eigenvalue weighted by atomic mass is 10.1. The molecule has 0 saturated carbocycles. The highest BCUT2D eigenvalue weighted by Gasteiger charge is 2.23. The summed E-state index contributed by atoms with van der Waals surface area (Å²) >= 11 is 0. The summed E-state index contributed by atoms with van der Waals surface area (Å²) in [5.41, 5.74) is 2.14. The van der Waals surface area contributed by atoms with Crippen LogP contribution >= 0.6 is 0 Å². The number of nitrogens with one attached hydrogen (secondary N) is 1. The first-order valence-electron chi connectivity index (χ1n) is 9.51. The topological polar surface area (TPSA) is 95.1 Å². The van der Waals surface area contributed by atoms with Gasteiger partial charge in [0.15, 0.2) is 11.4 Å². The SMILES string of the molecule is Cc1onc(OC(F)F)c1NC(=O)c1cc(-c2ccccc2)nc2c1cnn2C(C)C. The second kappa shape index (κ2) is 8.13. The summed E-state index contributed by atoms with van der Waals surface area (Å²) in [5, 5.41) is 10.9. The number of ether oxygens (including phenoxy) is 1. The van der Waals surface area contributed by atoms with Gasteiger partial charge >= 0.3 is 6.61 Å². The molecule has 0 aliphatic rings. The van der Waals surface area contributed by atoms with Crippen molar-refractivity contribution in [3.05, 3.63) is 53.9 Å². The minimum absolute atomic E-state index is 0.0123. The van der Waals surface area contributed by atoms with Crippen LogP contribution in [0.15, 0.2) is 47.1 Å². The molecule has 0 spiro atoms. The number of carbonyl (C=O) groups excluding carboxylic acids is 1. The van der Waals surface area contributed by atoms with E-state index in [4.69, 9.17) is 9.51 Å². The fraction of sp³-hybridized carbons (Fsp3) is 0.238. The number of benzene rings is 1. The lowest BCUT2D eigenvalue weighted by Gasteiger charge is -2.11. The number of alkyl halides is 2. The molecule has 0 saturated heterocycles. The molecule has 3 heterocycles. The maximum absolute atomic E-state index is 13.2. The zero-order chi connectivity index (χ0) is 22.1. The molecule has 4 aromatic rings. The monoisotopic (exact) mass is 427 g/mol. The Labute approximate surface area is 175 Å². The number of fused-ring (bicyclic) bond motifs is 1. The van der Waals surface area contributed by atoms with Gasteiger partial charge in [-0.2, -0.15) is 13.9 Å². The molecule has 1 N–H and O–H groups in total. The Bertz CT molecular complexity index is 1230. The van der Waals surface area contributed by atoms with Gasteiger partial charge in [0.1, 0.15) is 5.69 Å². The Kier molecular flexibility index (Phi) is 5.37. The van der Waals surface area contributed by atoms with Gasteiger partial charge in [0.25, 0.3) is 11.8 Å². The van der Waals surface area contributed by atoms with Crippen LogP contribution in [0.25, 0.3) is 22.3 Å². The van der Waals surface area contributed by atoms with Crippen LogP contribution in [-0.2, 0) is 0 Å². The van der Waals surface area contributed by atoms with Crippen molar-refractivity contribution in [2.45, 2.75) is 33.4 Å². The van der Waals surface area contributed by atoms with Gasteiger partial charge in [0, 0.05) is 11.6 Å². The number of hydrogen-bond acceptors (Lipinski definition) is 6. The number of rotatable bonds is 6. The maximum atomic E-state index is 13.2. The molecule has 0 radical (unpaired) electrons. The average molecular weight is 427 g/mol. The van der Waals surface area contributed by atoms with Crippen molar-refractivity contribution in [1.29, 1.82) is 0 Å². The van der Waals surface area contributed by atoms with Gasteiger partial charge < -0.3 is 14.6 Å². The van der Waals surface area contributed by atoms with Crippen molar-refractivity contribution in [3.63, 3.8) is 0 Å². The van der Waals surface area contributed by atoms with Gasteiger partial charge in [-0.05, 0) is 32.0 Å². The quantitative estimate of drug-likeness (QED) is 0.474. The average Bonchev–Trinajstić information content (AvgIpc) is 3.32. The number of halogens is 2. The molecule has 0 aliphatic heterocycles. The first kappa shape index (κ1) is 20.5. The summed E-state index contributed by atoms with van der Waals surface area (Å²) < 4.78 is 36.3. The molecule has 31 heavy (non-hydrogen) atoms. The van der Waals surface area contributed by atoms with Crippen LogP contribution in [0.2, 0.25) is 0 Å². The maximum Gasteiger partial charge on any atom is 0.388 e.